The number of para-hydroxylation sites is 2. The number of hydrogen-bond acceptors (Lipinski definition) is 10. The van der Waals surface area contributed by atoms with E-state index in [0.717, 1.165) is 20.8 Å². The van der Waals surface area contributed by atoms with Gasteiger partial charge in [0.1, 0.15) is 11.7 Å². The number of rotatable bonds is 22. The van der Waals surface area contributed by atoms with E-state index in [0.29, 0.717) is 46.7 Å². The summed E-state index contributed by atoms with van der Waals surface area (Å²) in [5.74, 6) is -5.65. The molecule has 11 N–H and O–H groups in total. The minimum absolute atomic E-state index is 0.0130. The number of unbranched alkanes of at least 4 members (excludes halogenated alkanes) is 1. The predicted molar refractivity (Wildman–Crippen MR) is 309 cm³/mol. The topological polar surface area (TPSA) is 301 Å². The Bertz CT molecular complexity index is 3410. The molecule has 80 heavy (non-hydrogen) atoms. The maximum absolute atomic E-state index is 15.0. The summed E-state index contributed by atoms with van der Waals surface area (Å²) >= 11 is 0. The van der Waals surface area contributed by atoms with Crippen molar-refractivity contribution in [2.24, 2.45) is 17.4 Å². The van der Waals surface area contributed by atoms with Crippen molar-refractivity contribution >= 4 is 92.7 Å². The number of aromatic nitrogens is 1. The number of carbonyl (C=O) groups is 8. The van der Waals surface area contributed by atoms with Crippen LogP contribution in [0, 0.1) is 19.8 Å². The van der Waals surface area contributed by atoms with Crippen LogP contribution in [0.3, 0.4) is 0 Å². The zero-order valence-electron chi connectivity index (χ0n) is 44.7. The van der Waals surface area contributed by atoms with Crippen LogP contribution in [0.15, 0.2) is 146 Å². The summed E-state index contributed by atoms with van der Waals surface area (Å²) in [5.41, 5.74) is 17.1. The van der Waals surface area contributed by atoms with Gasteiger partial charge in [0, 0.05) is 39.5 Å². The van der Waals surface area contributed by atoms with Crippen LogP contribution >= 0.6 is 0 Å². The van der Waals surface area contributed by atoms with Crippen molar-refractivity contribution in [3.05, 3.63) is 179 Å². The number of nitrogens with zero attached hydrogens (tertiary/aromatic N) is 3. The molecule has 20 nitrogen and oxygen atoms in total. The third kappa shape index (κ3) is 14.9. The summed E-state index contributed by atoms with van der Waals surface area (Å²) in [7, 11) is 0. The molecule has 0 unspecified atom stereocenters. The molecule has 6 aromatic carbocycles. The van der Waals surface area contributed by atoms with E-state index >= 15 is 4.79 Å². The van der Waals surface area contributed by atoms with Gasteiger partial charge < -0.3 is 48.3 Å². The molecule has 0 bridgehead atoms. The lowest BCUT2D eigenvalue weighted by Gasteiger charge is -2.32. The van der Waals surface area contributed by atoms with Gasteiger partial charge in [-0.25, -0.2) is 23.9 Å². The Balaban J connectivity index is 1.24. The van der Waals surface area contributed by atoms with Crippen LogP contribution in [0.1, 0.15) is 82.6 Å². The smallest absolute Gasteiger partial charge is 0.354 e. The van der Waals surface area contributed by atoms with E-state index in [2.05, 4.69) is 26.6 Å². The molecule has 0 spiro atoms. The van der Waals surface area contributed by atoms with E-state index in [-0.39, 0.29) is 59.6 Å². The molecule has 0 fully saturated rings. The highest BCUT2D eigenvalue weighted by Gasteiger charge is 2.35. The zero-order valence-corrected chi connectivity index (χ0v) is 44.7. The minimum atomic E-state index is -1.50. The van der Waals surface area contributed by atoms with Gasteiger partial charge >= 0.3 is 24.0 Å². The molecule has 2 atom stereocenters. The van der Waals surface area contributed by atoms with Crippen LogP contribution in [0.5, 0.6) is 0 Å². The molecule has 0 saturated heterocycles. The summed E-state index contributed by atoms with van der Waals surface area (Å²) < 4.78 is 0.993. The Morgan fingerprint density at radius 2 is 1.10 bits per heavy atom. The maximum atomic E-state index is 15.0. The normalized spacial score (nSPS) is 11.7. The Labute approximate surface area is 462 Å². The van der Waals surface area contributed by atoms with Crippen molar-refractivity contribution in [1.29, 1.82) is 0 Å². The monoisotopic (exact) mass is 1080 g/mol. The Morgan fingerprint density at radius 1 is 0.588 bits per heavy atom. The van der Waals surface area contributed by atoms with E-state index in [1.165, 1.54) is 53.4 Å². The van der Waals surface area contributed by atoms with Crippen LogP contribution in [0.4, 0.5) is 43.7 Å². The number of carboxylic acid groups (broad SMARTS) is 2. The Kier molecular flexibility index (Phi) is 19.3. The number of benzene rings is 6. The second kappa shape index (κ2) is 26.6. The number of hydrogen-bond donors (Lipinski definition) is 9. The second-order valence-electron chi connectivity index (χ2n) is 19.6. The lowest BCUT2D eigenvalue weighted by Crippen LogP contribution is -2.54. The Morgan fingerprint density at radius 3 is 1.60 bits per heavy atom. The summed E-state index contributed by atoms with van der Waals surface area (Å²) in [6.07, 6.45) is 0.467. The molecule has 0 radical (unpaired) electrons. The van der Waals surface area contributed by atoms with Crippen molar-refractivity contribution in [2.75, 3.05) is 43.0 Å². The number of aryl methyl sites for hydroxylation is 2. The molecule has 8 amide bonds. The molecular formula is C60H64N10O10. The first-order valence-corrected chi connectivity index (χ1v) is 25.9. The van der Waals surface area contributed by atoms with Crippen LogP contribution in [0.2, 0.25) is 0 Å². The predicted octanol–water partition coefficient (Wildman–Crippen LogP) is 9.26. The highest BCUT2D eigenvalue weighted by Crippen LogP contribution is 2.31. The fraction of sp³-hybridized carbons (Fsp3) is 0.233. The highest BCUT2D eigenvalue weighted by atomic mass is 16.4. The van der Waals surface area contributed by atoms with Gasteiger partial charge in [-0.05, 0) is 159 Å². The van der Waals surface area contributed by atoms with Gasteiger partial charge in [-0.3, -0.25) is 24.1 Å². The number of carboxylic acids is 2. The molecule has 7 rings (SSSR count). The molecular weight excluding hydrogens is 1020 g/mol. The lowest BCUT2D eigenvalue weighted by molar-refractivity contribution is -0.129. The van der Waals surface area contributed by atoms with Crippen LogP contribution in [-0.4, -0.2) is 81.1 Å². The van der Waals surface area contributed by atoms with Crippen molar-refractivity contribution in [1.82, 2.24) is 4.68 Å². The third-order valence-electron chi connectivity index (χ3n) is 13.1. The van der Waals surface area contributed by atoms with Gasteiger partial charge in [-0.2, -0.15) is 5.01 Å². The molecule has 1 heterocycles. The standard InChI is InChI=1S/C60H64N10O10/c1-36(2)31-47(62)56(74)70(54(72)33-40-18-24-45(25-19-40)65-60(80)67-49-14-8-6-12-38(49)4)69-50-29-28-46(34-42(50)35-52(69)58(77)78)68(51(15-9-10-30-61)55(73)63-43-26-20-41(21-27-43)57(75)76)53(71)32-39-16-22-44(23-17-39)64-59(79)66-48-13-7-5-11-37(48)3/h5-8,11-14,16-29,34-36,47,51H,9-10,15,30-33,61-62H2,1-4H3,(H,63,73)(H,75,76)(H,77,78)(H2,64,66,79)(H2,65,67,80)/t47-,51-/m0/s1. The first kappa shape index (κ1) is 58.0. The molecule has 20 heteroatoms. The molecule has 0 saturated carbocycles. The van der Waals surface area contributed by atoms with Gasteiger partial charge in [0.25, 0.3) is 11.8 Å². The number of urea groups is 2. The number of carbonyl (C=O) groups excluding carboxylic acids is 6. The molecule has 7 aromatic rings. The number of nitrogens with one attached hydrogen (secondary N) is 5. The van der Waals surface area contributed by atoms with Gasteiger partial charge in [-0.1, -0.05) is 74.5 Å². The summed E-state index contributed by atoms with van der Waals surface area (Å²) in [6.45, 7) is 7.70. The largest absolute Gasteiger partial charge is 0.478 e. The number of nitrogens with two attached hydrogens (primary N) is 2. The molecule has 414 valence electrons. The van der Waals surface area contributed by atoms with E-state index in [9.17, 15) is 43.8 Å². The number of aromatic carboxylic acids is 2. The Hall–Kier alpha value is -9.66. The highest BCUT2D eigenvalue weighted by molar-refractivity contribution is 6.14. The van der Waals surface area contributed by atoms with E-state index in [4.69, 9.17) is 11.5 Å². The minimum Gasteiger partial charge on any atom is -0.478 e. The van der Waals surface area contributed by atoms with Crippen molar-refractivity contribution in [3.63, 3.8) is 0 Å². The lowest BCUT2D eigenvalue weighted by atomic mass is 10.0. The first-order valence-electron chi connectivity index (χ1n) is 25.9. The average Bonchev–Trinajstić information content (AvgIpc) is 3.88. The second-order valence-corrected chi connectivity index (χ2v) is 19.6. The maximum Gasteiger partial charge on any atom is 0.354 e. The van der Waals surface area contributed by atoms with Crippen LogP contribution < -0.4 is 48.0 Å². The third-order valence-corrected chi connectivity index (χ3v) is 13.1. The van der Waals surface area contributed by atoms with E-state index in [1.807, 2.05) is 52.0 Å². The summed E-state index contributed by atoms with van der Waals surface area (Å²) in [4.78, 5) is 111. The van der Waals surface area contributed by atoms with Crippen LogP contribution in [-0.2, 0) is 32.0 Å². The van der Waals surface area contributed by atoms with Gasteiger partial charge in [-0.15, -0.1) is 0 Å². The first-order chi connectivity index (χ1) is 38.3. The van der Waals surface area contributed by atoms with Crippen molar-refractivity contribution in [2.45, 2.75) is 78.3 Å². The van der Waals surface area contributed by atoms with Gasteiger partial charge in [0.05, 0.1) is 30.0 Å². The molecule has 1 aromatic heterocycles. The summed E-state index contributed by atoms with van der Waals surface area (Å²) in [6, 6.07) is 35.2. The molecule has 0 aliphatic carbocycles. The fourth-order valence-corrected chi connectivity index (χ4v) is 9.00. The number of fused-ring (bicyclic) bond motifs is 1. The van der Waals surface area contributed by atoms with Gasteiger partial charge in [0.2, 0.25) is 11.8 Å². The molecule has 0 aliphatic rings. The number of amides is 8. The zero-order chi connectivity index (χ0) is 57.6. The number of anilines is 6. The average molecular weight is 1090 g/mol. The van der Waals surface area contributed by atoms with Gasteiger partial charge in [0.15, 0.2) is 0 Å². The van der Waals surface area contributed by atoms with E-state index in [1.54, 1.807) is 72.8 Å². The van der Waals surface area contributed by atoms with Crippen LogP contribution in [0.25, 0.3) is 10.9 Å². The van der Waals surface area contributed by atoms with Crippen molar-refractivity contribution < 1.29 is 48.6 Å². The molecule has 0 aliphatic heterocycles. The number of imide groups is 1. The fourth-order valence-electron chi connectivity index (χ4n) is 9.00. The summed E-state index contributed by atoms with van der Waals surface area (Å²) in [5, 5.41) is 35.2. The SMILES string of the molecule is Cc1ccccc1NC(=O)Nc1ccc(CC(=O)N(c2ccc3c(c2)cc(C(=O)O)n3N(C(=O)Cc2ccc(NC(=O)Nc3ccccc3C)cc2)C(=O)[C@@H](N)CC(C)C)[C@@H](CCCCN)C(=O)Nc2ccc(C(=O)O)cc2)cc1. The quantitative estimate of drug-likeness (QED) is 0.0287. The van der Waals surface area contributed by atoms with E-state index < -0.39 is 71.8 Å². The van der Waals surface area contributed by atoms with Crippen molar-refractivity contribution in [3.8, 4) is 0 Å².